The minimum atomic E-state index is 0.368. The summed E-state index contributed by atoms with van der Waals surface area (Å²) in [7, 11) is 0. The van der Waals surface area contributed by atoms with Crippen LogP contribution in [0.1, 0.15) is 47.0 Å². The first-order chi connectivity index (χ1) is 12.0. The fourth-order valence-electron chi connectivity index (χ4n) is 3.24. The average molecular weight is 357 g/mol. The van der Waals surface area contributed by atoms with Gasteiger partial charge in [-0.15, -0.1) is 0 Å². The molecule has 1 aliphatic heterocycles. The van der Waals surface area contributed by atoms with Crippen LogP contribution in [0.25, 0.3) is 0 Å². The van der Waals surface area contributed by atoms with Gasteiger partial charge in [-0.25, -0.2) is 0 Å². The van der Waals surface area contributed by atoms with Gasteiger partial charge in [0.15, 0.2) is 0 Å². The summed E-state index contributed by atoms with van der Waals surface area (Å²) in [5.41, 5.74) is 0.368. The second-order valence-corrected chi connectivity index (χ2v) is 8.65. The van der Waals surface area contributed by atoms with E-state index in [2.05, 4.69) is 37.5 Å². The predicted molar refractivity (Wildman–Crippen MR) is 102 cm³/mol. The van der Waals surface area contributed by atoms with Gasteiger partial charge in [0.2, 0.25) is 0 Å². The van der Waals surface area contributed by atoms with Crippen molar-refractivity contribution in [1.82, 2.24) is 9.80 Å². The van der Waals surface area contributed by atoms with Gasteiger partial charge in [-0.2, -0.15) is 0 Å². The highest BCUT2D eigenvalue weighted by atomic mass is 16.5. The van der Waals surface area contributed by atoms with E-state index in [1.54, 1.807) is 0 Å². The zero-order chi connectivity index (χ0) is 18.1. The standard InChI is InChI=1S/C20H40N2O3/c1-5-23-14-11-21-7-9-22(10-8-21)12-15-25-19-16-18(17-19)24-13-6-20(2,3)4/h18-19H,5-17H2,1-4H3. The SMILES string of the molecule is CCOCCN1CCN(CCOC2CC(OCCC(C)(C)C)C2)CC1. The Balaban J connectivity index is 1.42. The number of piperazine rings is 1. The first kappa shape index (κ1) is 21.1. The third-order valence-electron chi connectivity index (χ3n) is 5.24. The van der Waals surface area contributed by atoms with Gasteiger partial charge >= 0.3 is 0 Å². The minimum Gasteiger partial charge on any atom is -0.380 e. The average Bonchev–Trinajstić information content (AvgIpc) is 2.52. The zero-order valence-electron chi connectivity index (χ0n) is 17.0. The summed E-state index contributed by atoms with van der Waals surface area (Å²) >= 11 is 0. The molecule has 2 aliphatic rings. The van der Waals surface area contributed by atoms with E-state index in [-0.39, 0.29) is 0 Å². The highest BCUT2D eigenvalue weighted by molar-refractivity contribution is 4.81. The van der Waals surface area contributed by atoms with Crippen molar-refractivity contribution >= 4 is 0 Å². The summed E-state index contributed by atoms with van der Waals surface area (Å²) in [5.74, 6) is 0. The van der Waals surface area contributed by atoms with Gasteiger partial charge in [0.05, 0.1) is 25.4 Å². The smallest absolute Gasteiger partial charge is 0.0625 e. The maximum absolute atomic E-state index is 6.01. The van der Waals surface area contributed by atoms with Crippen LogP contribution in [0.2, 0.25) is 0 Å². The number of rotatable bonds is 11. The molecular formula is C20H40N2O3. The molecule has 0 aromatic heterocycles. The van der Waals surface area contributed by atoms with Gasteiger partial charge < -0.3 is 14.2 Å². The highest BCUT2D eigenvalue weighted by Gasteiger charge is 2.31. The van der Waals surface area contributed by atoms with Gasteiger partial charge in [0.25, 0.3) is 0 Å². The van der Waals surface area contributed by atoms with Crippen LogP contribution in [0.15, 0.2) is 0 Å². The molecule has 1 saturated heterocycles. The third-order valence-corrected chi connectivity index (χ3v) is 5.24. The van der Waals surface area contributed by atoms with E-state index >= 15 is 0 Å². The molecule has 1 heterocycles. The quantitative estimate of drug-likeness (QED) is 0.532. The van der Waals surface area contributed by atoms with Crippen LogP contribution >= 0.6 is 0 Å². The summed E-state index contributed by atoms with van der Waals surface area (Å²) < 4.78 is 17.4. The third kappa shape index (κ3) is 8.83. The number of hydrogen-bond donors (Lipinski definition) is 0. The summed E-state index contributed by atoms with van der Waals surface area (Å²) in [5, 5.41) is 0. The zero-order valence-corrected chi connectivity index (χ0v) is 17.0. The van der Waals surface area contributed by atoms with Crippen LogP contribution in [0, 0.1) is 5.41 Å². The second kappa shape index (κ2) is 10.8. The Bertz CT molecular complexity index is 345. The molecule has 0 bridgehead atoms. The Kier molecular flexibility index (Phi) is 9.14. The number of nitrogens with zero attached hydrogens (tertiary/aromatic N) is 2. The van der Waals surface area contributed by atoms with Crippen molar-refractivity contribution in [3.05, 3.63) is 0 Å². The maximum Gasteiger partial charge on any atom is 0.0625 e. The van der Waals surface area contributed by atoms with Gasteiger partial charge in [0, 0.05) is 52.5 Å². The first-order valence-corrected chi connectivity index (χ1v) is 10.2. The van der Waals surface area contributed by atoms with Crippen LogP contribution < -0.4 is 0 Å². The molecule has 5 heteroatoms. The summed E-state index contributed by atoms with van der Waals surface area (Å²) in [4.78, 5) is 5.02. The van der Waals surface area contributed by atoms with E-state index in [0.29, 0.717) is 17.6 Å². The molecule has 0 amide bonds. The lowest BCUT2D eigenvalue weighted by Gasteiger charge is -2.37. The van der Waals surface area contributed by atoms with Crippen LogP contribution in [0.5, 0.6) is 0 Å². The Hall–Kier alpha value is -0.200. The molecule has 1 saturated carbocycles. The molecule has 0 atom stereocenters. The Morgan fingerprint density at radius 2 is 1.32 bits per heavy atom. The molecule has 0 radical (unpaired) electrons. The van der Waals surface area contributed by atoms with Crippen LogP contribution in [-0.4, -0.2) is 87.7 Å². The lowest BCUT2D eigenvalue weighted by molar-refractivity contribution is -0.107. The van der Waals surface area contributed by atoms with Gasteiger partial charge in [-0.05, 0) is 31.6 Å². The number of hydrogen-bond acceptors (Lipinski definition) is 5. The lowest BCUT2D eigenvalue weighted by atomic mass is 9.91. The molecule has 25 heavy (non-hydrogen) atoms. The van der Waals surface area contributed by atoms with E-state index in [0.717, 1.165) is 85.0 Å². The molecule has 0 spiro atoms. The van der Waals surface area contributed by atoms with Crippen LogP contribution in [-0.2, 0) is 14.2 Å². The van der Waals surface area contributed by atoms with Gasteiger partial charge in [-0.1, -0.05) is 20.8 Å². The minimum absolute atomic E-state index is 0.368. The van der Waals surface area contributed by atoms with Crippen molar-refractivity contribution in [3.63, 3.8) is 0 Å². The molecule has 0 aromatic carbocycles. The maximum atomic E-state index is 6.01. The van der Waals surface area contributed by atoms with Crippen molar-refractivity contribution < 1.29 is 14.2 Å². The monoisotopic (exact) mass is 356 g/mol. The molecule has 2 fully saturated rings. The normalized spacial score (nSPS) is 25.9. The molecule has 2 rings (SSSR count). The lowest BCUT2D eigenvalue weighted by Crippen LogP contribution is -2.48. The van der Waals surface area contributed by atoms with Crippen molar-refractivity contribution in [2.75, 3.05) is 65.7 Å². The van der Waals surface area contributed by atoms with Crippen LogP contribution in [0.4, 0.5) is 0 Å². The molecule has 0 aromatic rings. The van der Waals surface area contributed by atoms with Crippen molar-refractivity contribution in [2.45, 2.75) is 59.2 Å². The fraction of sp³-hybridized carbons (Fsp3) is 1.00. The largest absolute Gasteiger partial charge is 0.380 e. The Morgan fingerprint density at radius 1 is 0.800 bits per heavy atom. The van der Waals surface area contributed by atoms with E-state index < -0.39 is 0 Å². The first-order valence-electron chi connectivity index (χ1n) is 10.2. The summed E-state index contributed by atoms with van der Waals surface area (Å²) in [6.45, 7) is 19.0. The van der Waals surface area contributed by atoms with E-state index in [1.807, 2.05) is 0 Å². The summed E-state index contributed by atoms with van der Waals surface area (Å²) in [6.07, 6.45) is 4.14. The Labute approximate surface area is 155 Å². The van der Waals surface area contributed by atoms with Crippen molar-refractivity contribution in [2.24, 2.45) is 5.41 Å². The topological polar surface area (TPSA) is 34.2 Å². The van der Waals surface area contributed by atoms with E-state index in [9.17, 15) is 0 Å². The second-order valence-electron chi connectivity index (χ2n) is 8.65. The number of ether oxygens (including phenoxy) is 3. The molecule has 0 unspecified atom stereocenters. The van der Waals surface area contributed by atoms with Crippen molar-refractivity contribution in [1.29, 1.82) is 0 Å². The van der Waals surface area contributed by atoms with Gasteiger partial charge in [0.1, 0.15) is 0 Å². The van der Waals surface area contributed by atoms with Crippen molar-refractivity contribution in [3.8, 4) is 0 Å². The van der Waals surface area contributed by atoms with Crippen LogP contribution in [0.3, 0.4) is 0 Å². The predicted octanol–water partition coefficient (Wildman–Crippen LogP) is 2.64. The highest BCUT2D eigenvalue weighted by Crippen LogP contribution is 2.27. The molecular weight excluding hydrogens is 316 g/mol. The summed E-state index contributed by atoms with van der Waals surface area (Å²) in [6, 6.07) is 0. The molecule has 1 aliphatic carbocycles. The molecule has 148 valence electrons. The Morgan fingerprint density at radius 3 is 1.84 bits per heavy atom. The van der Waals surface area contributed by atoms with E-state index in [4.69, 9.17) is 14.2 Å². The van der Waals surface area contributed by atoms with E-state index in [1.165, 1.54) is 0 Å². The van der Waals surface area contributed by atoms with Gasteiger partial charge in [-0.3, -0.25) is 9.80 Å². The molecule has 5 nitrogen and oxygen atoms in total. The molecule has 0 N–H and O–H groups in total. The fourth-order valence-corrected chi connectivity index (χ4v) is 3.24.